The second kappa shape index (κ2) is 11.6. The first kappa shape index (κ1) is 28.1. The Kier molecular flexibility index (Phi) is 7.92. The van der Waals surface area contributed by atoms with E-state index in [4.69, 9.17) is 0 Å². The Balaban J connectivity index is 1.30. The van der Waals surface area contributed by atoms with Crippen molar-refractivity contribution in [3.63, 3.8) is 0 Å². The number of hydrogen-bond acceptors (Lipinski definition) is 7. The molecule has 1 aromatic carbocycles. The number of benzene rings is 1. The van der Waals surface area contributed by atoms with Gasteiger partial charge in [0, 0.05) is 36.2 Å². The van der Waals surface area contributed by atoms with Gasteiger partial charge in [-0.05, 0) is 56.5 Å². The summed E-state index contributed by atoms with van der Waals surface area (Å²) in [5, 5.41) is 17.7. The monoisotopic (exact) mass is 569 g/mol. The molecule has 0 radical (unpaired) electrons. The van der Waals surface area contributed by atoms with Crippen molar-refractivity contribution in [2.24, 2.45) is 0 Å². The highest BCUT2D eigenvalue weighted by molar-refractivity contribution is 5.96. The number of hydrogen-bond donors (Lipinski definition) is 5. The van der Waals surface area contributed by atoms with Gasteiger partial charge in [-0.1, -0.05) is 6.92 Å². The average Bonchev–Trinajstić information content (AvgIpc) is 3.72. The van der Waals surface area contributed by atoms with E-state index in [0.717, 1.165) is 31.1 Å². The summed E-state index contributed by atoms with van der Waals surface area (Å²) in [6.07, 6.45) is 3.17. The number of aromatic nitrogens is 5. The molecule has 5 N–H and O–H groups in total. The highest BCUT2D eigenvalue weighted by Crippen LogP contribution is 2.36. The normalized spacial score (nSPS) is 16.1. The molecule has 4 aromatic rings. The standard InChI is InChI=1S/C27H30F3N9O2/c1-3-16-11-17(6-7-18(16)25(40)36-15(2)12-34-26(41)20-5-4-8-31-20)37-23-24-33-14-21(39(24)10-9-32-23)19-13-35-38-22(19)27(28,29)30/h6-7,9-11,13-15,20,31H,3-5,8,12H2,1-2H3,(H,32,37)(H,34,41)(H,35,38)(H,36,40). The fraction of sp³-hybridized carbons (Fsp3) is 0.370. The predicted molar refractivity (Wildman–Crippen MR) is 146 cm³/mol. The van der Waals surface area contributed by atoms with Gasteiger partial charge in [-0.2, -0.15) is 18.3 Å². The molecule has 4 heterocycles. The number of anilines is 2. The number of carbonyl (C=O) groups is 2. The Hall–Kier alpha value is -4.46. The van der Waals surface area contributed by atoms with E-state index in [9.17, 15) is 22.8 Å². The van der Waals surface area contributed by atoms with Crippen LogP contribution in [-0.2, 0) is 17.4 Å². The molecule has 1 aliphatic rings. The minimum Gasteiger partial charge on any atom is -0.353 e. The SMILES string of the molecule is CCc1cc(Nc2nccn3c(-c4cn[nH]c4C(F)(F)F)cnc23)ccc1C(=O)NC(C)CNC(=O)C1CCCN1. The third-order valence-corrected chi connectivity index (χ3v) is 6.96. The van der Waals surface area contributed by atoms with Crippen molar-refractivity contribution in [2.45, 2.75) is 51.4 Å². The molecule has 5 rings (SSSR count). The fourth-order valence-corrected chi connectivity index (χ4v) is 4.86. The maximum absolute atomic E-state index is 13.4. The van der Waals surface area contributed by atoms with E-state index in [2.05, 4.69) is 36.3 Å². The fourth-order valence-electron chi connectivity index (χ4n) is 4.86. The van der Waals surface area contributed by atoms with Gasteiger partial charge in [-0.25, -0.2) is 9.97 Å². The Morgan fingerprint density at radius 2 is 2.05 bits per heavy atom. The molecular formula is C27H30F3N9O2. The molecule has 2 unspecified atom stereocenters. The molecule has 2 atom stereocenters. The number of rotatable bonds is 9. The lowest BCUT2D eigenvalue weighted by atomic mass is 10.0. The first-order valence-corrected chi connectivity index (χ1v) is 13.3. The number of alkyl halides is 3. The van der Waals surface area contributed by atoms with Crippen LogP contribution in [0, 0.1) is 0 Å². The van der Waals surface area contributed by atoms with E-state index in [1.165, 1.54) is 23.0 Å². The molecule has 2 amide bonds. The largest absolute Gasteiger partial charge is 0.433 e. The van der Waals surface area contributed by atoms with E-state index in [-0.39, 0.29) is 35.2 Å². The minimum atomic E-state index is -4.60. The van der Waals surface area contributed by atoms with Crippen molar-refractivity contribution in [3.05, 3.63) is 59.8 Å². The molecule has 1 aliphatic heterocycles. The van der Waals surface area contributed by atoms with Crippen molar-refractivity contribution in [3.8, 4) is 11.3 Å². The van der Waals surface area contributed by atoms with Crippen LogP contribution in [0.2, 0.25) is 0 Å². The molecule has 1 saturated heterocycles. The lowest BCUT2D eigenvalue weighted by molar-refractivity contribution is -0.140. The number of amides is 2. The average molecular weight is 570 g/mol. The first-order chi connectivity index (χ1) is 19.7. The number of nitrogens with one attached hydrogen (secondary N) is 5. The second-order valence-corrected chi connectivity index (χ2v) is 9.89. The lowest BCUT2D eigenvalue weighted by Gasteiger charge is -2.18. The zero-order valence-electron chi connectivity index (χ0n) is 22.5. The number of imidazole rings is 1. The number of nitrogens with zero attached hydrogens (tertiary/aromatic N) is 4. The second-order valence-electron chi connectivity index (χ2n) is 9.89. The van der Waals surface area contributed by atoms with Crippen LogP contribution in [0.4, 0.5) is 24.7 Å². The molecule has 216 valence electrons. The summed E-state index contributed by atoms with van der Waals surface area (Å²) < 4.78 is 41.8. The van der Waals surface area contributed by atoms with E-state index in [0.29, 0.717) is 35.7 Å². The summed E-state index contributed by atoms with van der Waals surface area (Å²) in [5.41, 5.74) is 1.35. The number of H-pyrrole nitrogens is 1. The maximum atomic E-state index is 13.4. The topological polar surface area (TPSA) is 141 Å². The molecule has 11 nitrogen and oxygen atoms in total. The Labute approximate surface area is 233 Å². The lowest BCUT2D eigenvalue weighted by Crippen LogP contribution is -2.46. The summed E-state index contributed by atoms with van der Waals surface area (Å²) >= 11 is 0. The van der Waals surface area contributed by atoms with Crippen LogP contribution >= 0.6 is 0 Å². The van der Waals surface area contributed by atoms with Gasteiger partial charge in [-0.15, -0.1) is 0 Å². The van der Waals surface area contributed by atoms with Crippen molar-refractivity contribution >= 4 is 29.0 Å². The third kappa shape index (κ3) is 6.01. The van der Waals surface area contributed by atoms with E-state index >= 15 is 0 Å². The Morgan fingerprint density at radius 1 is 1.22 bits per heavy atom. The zero-order valence-corrected chi connectivity index (χ0v) is 22.5. The zero-order chi connectivity index (χ0) is 29.1. The number of carbonyl (C=O) groups excluding carboxylic acids is 2. The number of halogens is 3. The van der Waals surface area contributed by atoms with Gasteiger partial charge >= 0.3 is 6.18 Å². The summed E-state index contributed by atoms with van der Waals surface area (Å²) in [6, 6.07) is 4.78. The van der Waals surface area contributed by atoms with Gasteiger partial charge in [-0.3, -0.25) is 19.1 Å². The van der Waals surface area contributed by atoms with Crippen LogP contribution in [0.15, 0.2) is 43.0 Å². The van der Waals surface area contributed by atoms with Gasteiger partial charge in [0.1, 0.15) is 5.69 Å². The van der Waals surface area contributed by atoms with Crippen LogP contribution in [0.3, 0.4) is 0 Å². The molecule has 0 aliphatic carbocycles. The van der Waals surface area contributed by atoms with Gasteiger partial charge in [0.2, 0.25) is 5.91 Å². The summed E-state index contributed by atoms with van der Waals surface area (Å²) in [5.74, 6) is 0.0103. The van der Waals surface area contributed by atoms with Crippen LogP contribution in [-0.4, -0.2) is 61.6 Å². The molecule has 3 aromatic heterocycles. The van der Waals surface area contributed by atoms with Crippen molar-refractivity contribution in [1.29, 1.82) is 0 Å². The van der Waals surface area contributed by atoms with Crippen LogP contribution in [0.25, 0.3) is 16.9 Å². The molecular weight excluding hydrogens is 539 g/mol. The van der Waals surface area contributed by atoms with Crippen molar-refractivity contribution in [1.82, 2.24) is 40.5 Å². The van der Waals surface area contributed by atoms with Crippen molar-refractivity contribution in [2.75, 3.05) is 18.4 Å². The van der Waals surface area contributed by atoms with Crippen LogP contribution < -0.4 is 21.3 Å². The Morgan fingerprint density at radius 3 is 2.78 bits per heavy atom. The third-order valence-electron chi connectivity index (χ3n) is 6.96. The summed E-state index contributed by atoms with van der Waals surface area (Å²) in [7, 11) is 0. The van der Waals surface area contributed by atoms with Gasteiger partial charge in [0.15, 0.2) is 11.5 Å². The highest BCUT2D eigenvalue weighted by Gasteiger charge is 2.36. The maximum Gasteiger partial charge on any atom is 0.433 e. The minimum absolute atomic E-state index is 0.0629. The van der Waals surface area contributed by atoms with Gasteiger partial charge in [0.05, 0.1) is 29.7 Å². The molecule has 0 spiro atoms. The quantitative estimate of drug-likeness (QED) is 0.208. The molecule has 1 fully saturated rings. The summed E-state index contributed by atoms with van der Waals surface area (Å²) in [4.78, 5) is 33.9. The number of aryl methyl sites for hydroxylation is 1. The molecule has 41 heavy (non-hydrogen) atoms. The molecule has 0 saturated carbocycles. The van der Waals surface area contributed by atoms with E-state index < -0.39 is 11.9 Å². The van der Waals surface area contributed by atoms with E-state index in [1.807, 2.05) is 25.0 Å². The van der Waals surface area contributed by atoms with Crippen molar-refractivity contribution < 1.29 is 22.8 Å². The summed E-state index contributed by atoms with van der Waals surface area (Å²) in [6.45, 7) is 4.90. The van der Waals surface area contributed by atoms with Crippen LogP contribution in [0.5, 0.6) is 0 Å². The van der Waals surface area contributed by atoms with Gasteiger partial charge < -0.3 is 21.3 Å². The Bertz CT molecular complexity index is 1560. The van der Waals surface area contributed by atoms with Crippen LogP contribution in [0.1, 0.15) is 48.3 Å². The number of aromatic amines is 1. The smallest absolute Gasteiger partial charge is 0.353 e. The van der Waals surface area contributed by atoms with E-state index in [1.54, 1.807) is 12.1 Å². The van der Waals surface area contributed by atoms with Gasteiger partial charge in [0.25, 0.3) is 5.91 Å². The molecule has 0 bridgehead atoms. The number of fused-ring (bicyclic) bond motifs is 1. The highest BCUT2D eigenvalue weighted by atomic mass is 19.4. The molecule has 14 heteroatoms. The predicted octanol–water partition coefficient (Wildman–Crippen LogP) is 3.43. The first-order valence-electron chi connectivity index (χ1n) is 13.3.